The van der Waals surface area contributed by atoms with Crippen LogP contribution in [0.25, 0.3) is 0 Å². The van der Waals surface area contributed by atoms with E-state index < -0.39 is 0 Å². The van der Waals surface area contributed by atoms with Crippen LogP contribution in [0.4, 0.5) is 5.69 Å². The summed E-state index contributed by atoms with van der Waals surface area (Å²) in [5.41, 5.74) is 8.36. The van der Waals surface area contributed by atoms with Crippen LogP contribution >= 0.6 is 23.6 Å². The number of thiophene rings is 1. The van der Waals surface area contributed by atoms with Gasteiger partial charge in [0.25, 0.3) is 0 Å². The fourth-order valence-electron chi connectivity index (χ4n) is 1.33. The summed E-state index contributed by atoms with van der Waals surface area (Å²) in [5.74, 6) is 0. The molecule has 3 N–H and O–H groups in total. The third-order valence-electron chi connectivity index (χ3n) is 2.10. The van der Waals surface area contributed by atoms with E-state index in [-0.39, 0.29) is 0 Å². The van der Waals surface area contributed by atoms with Gasteiger partial charge in [-0.05, 0) is 34.5 Å². The zero-order valence-electron chi connectivity index (χ0n) is 8.51. The van der Waals surface area contributed by atoms with Gasteiger partial charge in [0.1, 0.15) is 10.7 Å². The highest BCUT2D eigenvalue weighted by Gasteiger charge is 2.05. The SMILES string of the molecule is NC(=S)c1ncccc1NCc1ccsc1. The summed E-state index contributed by atoms with van der Waals surface area (Å²) in [6.45, 7) is 0.755. The summed E-state index contributed by atoms with van der Waals surface area (Å²) in [4.78, 5) is 4.47. The smallest absolute Gasteiger partial charge is 0.124 e. The van der Waals surface area contributed by atoms with Gasteiger partial charge in [-0.1, -0.05) is 12.2 Å². The van der Waals surface area contributed by atoms with Gasteiger partial charge >= 0.3 is 0 Å². The quantitative estimate of drug-likeness (QED) is 0.817. The minimum Gasteiger partial charge on any atom is -0.388 e. The molecule has 0 aliphatic heterocycles. The summed E-state index contributed by atoms with van der Waals surface area (Å²) < 4.78 is 0. The average Bonchev–Trinajstić information content (AvgIpc) is 2.79. The number of nitrogens with zero attached hydrogens (tertiary/aromatic N) is 1. The maximum atomic E-state index is 5.59. The molecule has 0 spiro atoms. The topological polar surface area (TPSA) is 50.9 Å². The molecule has 2 aromatic heterocycles. The number of pyridine rings is 1. The van der Waals surface area contributed by atoms with E-state index in [1.807, 2.05) is 12.1 Å². The van der Waals surface area contributed by atoms with E-state index in [1.165, 1.54) is 5.56 Å². The number of hydrogen-bond acceptors (Lipinski definition) is 4. The second kappa shape index (κ2) is 5.05. The van der Waals surface area contributed by atoms with Crippen molar-refractivity contribution >= 4 is 34.2 Å². The van der Waals surface area contributed by atoms with Crippen molar-refractivity contribution in [3.05, 3.63) is 46.4 Å². The molecule has 5 heteroatoms. The summed E-state index contributed by atoms with van der Waals surface area (Å²) in [6, 6.07) is 5.86. The molecule has 2 aromatic rings. The van der Waals surface area contributed by atoms with Gasteiger partial charge < -0.3 is 11.1 Å². The van der Waals surface area contributed by atoms with Crippen molar-refractivity contribution in [2.45, 2.75) is 6.54 Å². The molecule has 0 radical (unpaired) electrons. The first-order chi connectivity index (χ1) is 7.77. The summed E-state index contributed by atoms with van der Waals surface area (Å²) in [6.07, 6.45) is 1.68. The monoisotopic (exact) mass is 249 g/mol. The standard InChI is InChI=1S/C11H11N3S2/c12-11(15)10-9(2-1-4-13-10)14-6-8-3-5-16-7-8/h1-5,7,14H,6H2,(H2,12,15). The third kappa shape index (κ3) is 2.56. The zero-order valence-corrected chi connectivity index (χ0v) is 10.1. The van der Waals surface area contributed by atoms with Crippen molar-refractivity contribution in [3.63, 3.8) is 0 Å². The minimum atomic E-state index is 0.313. The molecule has 0 saturated heterocycles. The van der Waals surface area contributed by atoms with Crippen LogP contribution in [-0.4, -0.2) is 9.97 Å². The predicted molar refractivity (Wildman–Crippen MR) is 71.8 cm³/mol. The van der Waals surface area contributed by atoms with Crippen molar-refractivity contribution in [2.24, 2.45) is 5.73 Å². The van der Waals surface area contributed by atoms with E-state index in [9.17, 15) is 0 Å². The number of nitrogens with one attached hydrogen (secondary N) is 1. The van der Waals surface area contributed by atoms with Crippen molar-refractivity contribution < 1.29 is 0 Å². The van der Waals surface area contributed by atoms with E-state index in [2.05, 4.69) is 27.1 Å². The Morgan fingerprint density at radius 2 is 2.38 bits per heavy atom. The molecule has 0 amide bonds. The molecule has 0 aliphatic carbocycles. The Labute approximate surface area is 103 Å². The van der Waals surface area contributed by atoms with E-state index in [0.717, 1.165) is 12.2 Å². The molecule has 2 rings (SSSR count). The Hall–Kier alpha value is -1.46. The number of anilines is 1. The van der Waals surface area contributed by atoms with Gasteiger partial charge in [0, 0.05) is 12.7 Å². The summed E-state index contributed by atoms with van der Waals surface area (Å²) in [5, 5.41) is 7.42. The van der Waals surface area contributed by atoms with Gasteiger partial charge in [0.15, 0.2) is 0 Å². The van der Waals surface area contributed by atoms with Crippen LogP contribution in [0.2, 0.25) is 0 Å². The van der Waals surface area contributed by atoms with Gasteiger partial charge in [-0.3, -0.25) is 4.98 Å². The van der Waals surface area contributed by atoms with Gasteiger partial charge in [-0.15, -0.1) is 0 Å². The molecule has 3 nitrogen and oxygen atoms in total. The predicted octanol–water partition coefficient (Wildman–Crippen LogP) is 2.39. The van der Waals surface area contributed by atoms with Crippen LogP contribution in [0.5, 0.6) is 0 Å². The van der Waals surface area contributed by atoms with Crippen LogP contribution in [0.15, 0.2) is 35.2 Å². The normalized spacial score (nSPS) is 10.0. The maximum absolute atomic E-state index is 5.59. The number of thiocarbonyl (C=S) groups is 1. The highest BCUT2D eigenvalue weighted by molar-refractivity contribution is 7.80. The second-order valence-corrected chi connectivity index (χ2v) is 4.47. The lowest BCUT2D eigenvalue weighted by atomic mass is 10.2. The lowest BCUT2D eigenvalue weighted by Gasteiger charge is -2.08. The first-order valence-electron chi connectivity index (χ1n) is 4.77. The Morgan fingerprint density at radius 1 is 1.50 bits per heavy atom. The molecule has 0 saturated carbocycles. The molecule has 0 aliphatic rings. The molecule has 82 valence electrons. The van der Waals surface area contributed by atoms with Crippen molar-refractivity contribution in [1.82, 2.24) is 4.98 Å². The maximum Gasteiger partial charge on any atom is 0.124 e. The van der Waals surface area contributed by atoms with Gasteiger partial charge in [0.2, 0.25) is 0 Å². The van der Waals surface area contributed by atoms with Crippen molar-refractivity contribution in [3.8, 4) is 0 Å². The first-order valence-corrected chi connectivity index (χ1v) is 6.12. The lowest BCUT2D eigenvalue weighted by Crippen LogP contribution is -2.14. The third-order valence-corrected chi connectivity index (χ3v) is 3.03. The second-order valence-electron chi connectivity index (χ2n) is 3.25. The van der Waals surface area contributed by atoms with E-state index in [0.29, 0.717) is 10.7 Å². The minimum absolute atomic E-state index is 0.313. The highest BCUT2D eigenvalue weighted by atomic mass is 32.1. The van der Waals surface area contributed by atoms with Gasteiger partial charge in [-0.25, -0.2) is 0 Å². The van der Waals surface area contributed by atoms with Crippen LogP contribution in [0.1, 0.15) is 11.3 Å². The molecule has 0 aromatic carbocycles. The highest BCUT2D eigenvalue weighted by Crippen LogP contribution is 2.14. The molecular formula is C11H11N3S2. The van der Waals surface area contributed by atoms with Gasteiger partial charge in [0.05, 0.1) is 5.69 Å². The number of rotatable bonds is 4. The number of nitrogens with two attached hydrogens (primary N) is 1. The average molecular weight is 249 g/mol. The first kappa shape index (κ1) is 11.0. The zero-order chi connectivity index (χ0) is 11.4. The molecule has 0 atom stereocenters. The Kier molecular flexibility index (Phi) is 3.48. The van der Waals surface area contributed by atoms with Gasteiger partial charge in [-0.2, -0.15) is 11.3 Å². The van der Waals surface area contributed by atoms with Crippen LogP contribution in [-0.2, 0) is 6.54 Å². The molecule has 0 bridgehead atoms. The fourth-order valence-corrected chi connectivity index (χ4v) is 2.17. The van der Waals surface area contributed by atoms with Crippen molar-refractivity contribution in [1.29, 1.82) is 0 Å². The number of hydrogen-bond donors (Lipinski definition) is 2. The number of aromatic nitrogens is 1. The van der Waals surface area contributed by atoms with E-state index in [1.54, 1.807) is 17.5 Å². The Bertz CT molecular complexity index is 480. The Balaban J connectivity index is 2.12. The molecule has 0 fully saturated rings. The largest absolute Gasteiger partial charge is 0.388 e. The van der Waals surface area contributed by atoms with Crippen LogP contribution < -0.4 is 11.1 Å². The molecule has 0 unspecified atom stereocenters. The van der Waals surface area contributed by atoms with E-state index >= 15 is 0 Å². The van der Waals surface area contributed by atoms with E-state index in [4.69, 9.17) is 18.0 Å². The molecule has 2 heterocycles. The van der Waals surface area contributed by atoms with Crippen LogP contribution in [0.3, 0.4) is 0 Å². The van der Waals surface area contributed by atoms with Crippen molar-refractivity contribution in [2.75, 3.05) is 5.32 Å². The van der Waals surface area contributed by atoms with Crippen LogP contribution in [0, 0.1) is 0 Å². The molecule has 16 heavy (non-hydrogen) atoms. The fraction of sp³-hybridized carbons (Fsp3) is 0.0909. The lowest BCUT2D eigenvalue weighted by molar-refractivity contribution is 1.14. The summed E-state index contributed by atoms with van der Waals surface area (Å²) in [7, 11) is 0. The Morgan fingerprint density at radius 3 is 3.06 bits per heavy atom. The molecular weight excluding hydrogens is 238 g/mol. The summed E-state index contributed by atoms with van der Waals surface area (Å²) >= 11 is 6.62.